The van der Waals surface area contributed by atoms with E-state index in [2.05, 4.69) is 24.0 Å². The van der Waals surface area contributed by atoms with Crippen LogP contribution in [0, 0.1) is 0 Å². The number of nitrogens with zero attached hydrogens (tertiary/aromatic N) is 1. The van der Waals surface area contributed by atoms with Gasteiger partial charge in [-0.25, -0.2) is 0 Å². The fraction of sp³-hybridized carbons (Fsp3) is 0.444. The maximum atomic E-state index is 10.3. The van der Waals surface area contributed by atoms with Crippen LogP contribution in [0.25, 0.3) is 10.8 Å². The highest BCUT2D eigenvalue weighted by atomic mass is 16.3. The summed E-state index contributed by atoms with van der Waals surface area (Å²) in [5.74, 6) is 0.391. The van der Waals surface area contributed by atoms with E-state index in [1.807, 2.05) is 24.3 Å². The van der Waals surface area contributed by atoms with Crippen molar-refractivity contribution in [3.8, 4) is 5.75 Å². The smallest absolute Gasteiger partial charge is 0.120 e. The Morgan fingerprint density at radius 1 is 1.19 bits per heavy atom. The van der Waals surface area contributed by atoms with Gasteiger partial charge in [0.1, 0.15) is 5.75 Å². The molecule has 0 radical (unpaired) electrons. The largest absolute Gasteiger partial charge is 0.508 e. The van der Waals surface area contributed by atoms with Crippen LogP contribution < -0.4 is 5.73 Å². The second-order valence-corrected chi connectivity index (χ2v) is 6.13. The van der Waals surface area contributed by atoms with Gasteiger partial charge in [0.2, 0.25) is 0 Å². The van der Waals surface area contributed by atoms with Gasteiger partial charge in [-0.3, -0.25) is 4.90 Å². The summed E-state index contributed by atoms with van der Waals surface area (Å²) in [7, 11) is 0. The first-order chi connectivity index (χ1) is 10.2. The molecule has 1 heterocycles. The highest BCUT2D eigenvalue weighted by Crippen LogP contribution is 2.32. The summed E-state index contributed by atoms with van der Waals surface area (Å²) in [5.41, 5.74) is 6.98. The second kappa shape index (κ2) is 6.04. The van der Waals surface area contributed by atoms with Gasteiger partial charge in [0, 0.05) is 30.7 Å². The third-order valence-electron chi connectivity index (χ3n) is 4.82. The van der Waals surface area contributed by atoms with E-state index < -0.39 is 0 Å². The van der Waals surface area contributed by atoms with Gasteiger partial charge in [-0.05, 0) is 36.6 Å². The molecule has 0 amide bonds. The maximum absolute atomic E-state index is 10.3. The number of piperidine rings is 1. The molecule has 2 aromatic rings. The molecule has 1 aliphatic rings. The van der Waals surface area contributed by atoms with E-state index in [9.17, 15) is 5.11 Å². The Morgan fingerprint density at radius 2 is 2.00 bits per heavy atom. The summed E-state index contributed by atoms with van der Waals surface area (Å²) in [6.45, 7) is 3.73. The van der Waals surface area contributed by atoms with Crippen LogP contribution in [-0.2, 0) is 6.54 Å². The quantitative estimate of drug-likeness (QED) is 0.909. The average Bonchev–Trinajstić information content (AvgIpc) is 2.51. The molecule has 3 N–H and O–H groups in total. The minimum atomic E-state index is 0.391. The predicted molar refractivity (Wildman–Crippen MR) is 87.3 cm³/mol. The molecule has 0 spiro atoms. The number of phenolic OH excluding ortho intramolecular Hbond substituents is 1. The number of hydrogen-bond acceptors (Lipinski definition) is 3. The number of aromatic hydroxyl groups is 1. The number of benzene rings is 2. The third kappa shape index (κ3) is 2.76. The van der Waals surface area contributed by atoms with Crippen LogP contribution in [-0.4, -0.2) is 28.6 Å². The van der Waals surface area contributed by atoms with Gasteiger partial charge in [0.15, 0.2) is 0 Å². The Bertz CT molecular complexity index is 626. The van der Waals surface area contributed by atoms with Crippen molar-refractivity contribution in [1.29, 1.82) is 0 Å². The van der Waals surface area contributed by atoms with Crippen LogP contribution >= 0.6 is 0 Å². The summed E-state index contributed by atoms with van der Waals surface area (Å²) >= 11 is 0. The van der Waals surface area contributed by atoms with Gasteiger partial charge in [-0.2, -0.15) is 0 Å². The zero-order valence-electron chi connectivity index (χ0n) is 12.6. The molecule has 1 aliphatic heterocycles. The number of rotatable bonds is 3. The number of nitrogens with two attached hydrogens (primary N) is 1. The minimum Gasteiger partial charge on any atom is -0.508 e. The zero-order chi connectivity index (χ0) is 14.8. The Morgan fingerprint density at radius 3 is 2.81 bits per heavy atom. The van der Waals surface area contributed by atoms with Crippen molar-refractivity contribution in [2.75, 3.05) is 6.54 Å². The minimum absolute atomic E-state index is 0.391. The monoisotopic (exact) mass is 284 g/mol. The van der Waals surface area contributed by atoms with E-state index in [1.54, 1.807) is 0 Å². The molecule has 3 heteroatoms. The highest BCUT2D eigenvalue weighted by molar-refractivity contribution is 5.87. The maximum Gasteiger partial charge on any atom is 0.120 e. The predicted octanol–water partition coefficient (Wildman–Crippen LogP) is 3.25. The van der Waals surface area contributed by atoms with E-state index in [-0.39, 0.29) is 0 Å². The van der Waals surface area contributed by atoms with E-state index in [4.69, 9.17) is 5.73 Å². The van der Waals surface area contributed by atoms with Crippen LogP contribution in [0.1, 0.15) is 31.7 Å². The van der Waals surface area contributed by atoms with Crippen molar-refractivity contribution in [3.63, 3.8) is 0 Å². The summed E-state index contributed by atoms with van der Waals surface area (Å²) in [5, 5.41) is 12.7. The Labute approximate surface area is 126 Å². The van der Waals surface area contributed by atoms with Crippen molar-refractivity contribution < 1.29 is 5.11 Å². The first-order valence-corrected chi connectivity index (χ1v) is 7.86. The summed E-state index contributed by atoms with van der Waals surface area (Å²) in [4.78, 5) is 2.46. The molecule has 2 aromatic carbocycles. The van der Waals surface area contributed by atoms with Gasteiger partial charge in [-0.15, -0.1) is 0 Å². The topological polar surface area (TPSA) is 49.5 Å². The molecule has 0 saturated carbocycles. The van der Waals surface area contributed by atoms with Crippen molar-refractivity contribution in [2.24, 2.45) is 5.73 Å². The number of hydrogen-bond donors (Lipinski definition) is 2. The highest BCUT2D eigenvalue weighted by Gasteiger charge is 2.27. The number of likely N-dealkylation sites (tertiary alicyclic amines) is 1. The van der Waals surface area contributed by atoms with Gasteiger partial charge < -0.3 is 10.8 Å². The molecule has 21 heavy (non-hydrogen) atoms. The fourth-order valence-corrected chi connectivity index (χ4v) is 3.55. The molecule has 1 fully saturated rings. The van der Waals surface area contributed by atoms with Crippen LogP contribution in [0.3, 0.4) is 0 Å². The SMILES string of the molecule is CC1CCCC(CN)N1Cc1c(O)ccc2ccccc12. The van der Waals surface area contributed by atoms with Crippen LogP contribution in [0.4, 0.5) is 0 Å². The fourth-order valence-electron chi connectivity index (χ4n) is 3.55. The first-order valence-electron chi connectivity index (χ1n) is 7.86. The number of phenols is 1. The van der Waals surface area contributed by atoms with E-state index in [1.165, 1.54) is 18.2 Å². The first kappa shape index (κ1) is 14.4. The van der Waals surface area contributed by atoms with E-state index in [0.717, 1.165) is 23.9 Å². The summed E-state index contributed by atoms with van der Waals surface area (Å²) in [6.07, 6.45) is 3.62. The molecule has 1 saturated heterocycles. The molecule has 3 rings (SSSR count). The molecular formula is C18H24N2O. The normalized spacial score (nSPS) is 23.5. The Balaban J connectivity index is 1.98. The van der Waals surface area contributed by atoms with Crippen molar-refractivity contribution in [2.45, 2.75) is 44.8 Å². The Kier molecular flexibility index (Phi) is 4.13. The van der Waals surface area contributed by atoms with Crippen LogP contribution in [0.15, 0.2) is 36.4 Å². The molecule has 0 aliphatic carbocycles. The van der Waals surface area contributed by atoms with E-state index in [0.29, 0.717) is 24.4 Å². The lowest BCUT2D eigenvalue weighted by Crippen LogP contribution is -2.48. The third-order valence-corrected chi connectivity index (χ3v) is 4.82. The molecule has 2 unspecified atom stereocenters. The Hall–Kier alpha value is -1.58. The van der Waals surface area contributed by atoms with Gasteiger partial charge >= 0.3 is 0 Å². The van der Waals surface area contributed by atoms with Gasteiger partial charge in [0.05, 0.1) is 0 Å². The molecule has 3 nitrogen and oxygen atoms in total. The van der Waals surface area contributed by atoms with Crippen molar-refractivity contribution >= 4 is 10.8 Å². The zero-order valence-corrected chi connectivity index (χ0v) is 12.6. The van der Waals surface area contributed by atoms with Gasteiger partial charge in [0.25, 0.3) is 0 Å². The average molecular weight is 284 g/mol. The lowest BCUT2D eigenvalue weighted by Gasteiger charge is -2.40. The van der Waals surface area contributed by atoms with Gasteiger partial charge in [-0.1, -0.05) is 36.8 Å². The molecule has 0 bridgehead atoms. The van der Waals surface area contributed by atoms with Crippen LogP contribution in [0.5, 0.6) is 5.75 Å². The molecular weight excluding hydrogens is 260 g/mol. The van der Waals surface area contributed by atoms with Crippen molar-refractivity contribution in [1.82, 2.24) is 4.90 Å². The summed E-state index contributed by atoms with van der Waals surface area (Å²) < 4.78 is 0. The lowest BCUT2D eigenvalue weighted by atomic mass is 9.94. The van der Waals surface area contributed by atoms with E-state index >= 15 is 0 Å². The van der Waals surface area contributed by atoms with Crippen molar-refractivity contribution in [3.05, 3.63) is 42.0 Å². The van der Waals surface area contributed by atoms with Crippen LogP contribution in [0.2, 0.25) is 0 Å². The molecule has 2 atom stereocenters. The standard InChI is InChI=1S/C18H24N2O/c1-13-5-4-7-15(11-19)20(13)12-17-16-8-3-2-6-14(16)9-10-18(17)21/h2-3,6,8-10,13,15,21H,4-5,7,11-12,19H2,1H3. The molecule has 112 valence electrons. The second-order valence-electron chi connectivity index (χ2n) is 6.13. The lowest BCUT2D eigenvalue weighted by molar-refractivity contribution is 0.0888. The summed E-state index contributed by atoms with van der Waals surface area (Å²) in [6, 6.07) is 13.0. The molecule has 0 aromatic heterocycles. The number of fused-ring (bicyclic) bond motifs is 1.